The molecule has 0 saturated heterocycles. The van der Waals surface area contributed by atoms with E-state index in [-0.39, 0.29) is 6.04 Å². The molecule has 1 heterocycles. The molecule has 0 fully saturated rings. The van der Waals surface area contributed by atoms with Gasteiger partial charge in [-0.05, 0) is 42.0 Å². The van der Waals surface area contributed by atoms with E-state index in [0.717, 1.165) is 12.0 Å². The number of aromatic nitrogens is 4. The number of ether oxygens (including phenoxy) is 1. The van der Waals surface area contributed by atoms with Crippen molar-refractivity contribution in [2.24, 2.45) is 0 Å². The SMILES string of the molecule is COc1ccc(-c2nnnn2C(C)CCS(C)=O)cc1N. The zero-order valence-electron chi connectivity index (χ0n) is 12.3. The van der Waals surface area contributed by atoms with Crippen LogP contribution in [0.1, 0.15) is 19.4 Å². The van der Waals surface area contributed by atoms with Gasteiger partial charge in [-0.15, -0.1) is 5.10 Å². The van der Waals surface area contributed by atoms with Gasteiger partial charge >= 0.3 is 0 Å². The largest absolute Gasteiger partial charge is 0.495 e. The molecule has 7 nitrogen and oxygen atoms in total. The lowest BCUT2D eigenvalue weighted by molar-refractivity contribution is 0.417. The summed E-state index contributed by atoms with van der Waals surface area (Å²) >= 11 is 0. The Hall–Kier alpha value is -1.96. The molecule has 0 aliphatic rings. The first-order valence-electron chi connectivity index (χ1n) is 6.54. The first kappa shape index (κ1) is 15.4. The highest BCUT2D eigenvalue weighted by Gasteiger charge is 2.16. The third-order valence-electron chi connectivity index (χ3n) is 3.22. The minimum atomic E-state index is -0.825. The van der Waals surface area contributed by atoms with E-state index in [0.29, 0.717) is 23.0 Å². The number of methoxy groups -OCH3 is 1. The smallest absolute Gasteiger partial charge is 0.182 e. The Kier molecular flexibility index (Phi) is 4.89. The first-order chi connectivity index (χ1) is 10.0. The van der Waals surface area contributed by atoms with Gasteiger partial charge in [-0.1, -0.05) is 0 Å². The second-order valence-corrected chi connectivity index (χ2v) is 6.37. The summed E-state index contributed by atoms with van der Waals surface area (Å²) in [5.41, 5.74) is 7.28. The van der Waals surface area contributed by atoms with Crippen molar-refractivity contribution in [2.45, 2.75) is 19.4 Å². The number of benzene rings is 1. The number of anilines is 1. The van der Waals surface area contributed by atoms with Crippen LogP contribution < -0.4 is 10.5 Å². The molecule has 2 rings (SSSR count). The zero-order chi connectivity index (χ0) is 15.4. The molecule has 0 saturated carbocycles. The van der Waals surface area contributed by atoms with Crippen LogP contribution in [0.25, 0.3) is 11.4 Å². The highest BCUT2D eigenvalue weighted by molar-refractivity contribution is 7.84. The summed E-state index contributed by atoms with van der Waals surface area (Å²) in [6.45, 7) is 2.00. The number of nitrogens with two attached hydrogens (primary N) is 1. The van der Waals surface area contributed by atoms with Gasteiger partial charge in [0.15, 0.2) is 5.82 Å². The second-order valence-electron chi connectivity index (χ2n) is 4.82. The molecule has 8 heteroatoms. The van der Waals surface area contributed by atoms with Crippen LogP contribution in [0.3, 0.4) is 0 Å². The summed E-state index contributed by atoms with van der Waals surface area (Å²) in [4.78, 5) is 0. The maximum atomic E-state index is 11.2. The number of nitrogen functional groups attached to an aromatic ring is 1. The van der Waals surface area contributed by atoms with E-state index in [1.807, 2.05) is 13.0 Å². The molecule has 1 aromatic carbocycles. The number of tetrazole rings is 1. The Balaban J connectivity index is 2.27. The Labute approximate surface area is 125 Å². The molecular weight excluding hydrogens is 290 g/mol. The zero-order valence-corrected chi connectivity index (χ0v) is 13.1. The maximum Gasteiger partial charge on any atom is 0.182 e. The average molecular weight is 309 g/mol. The third kappa shape index (κ3) is 3.57. The number of hydrogen-bond donors (Lipinski definition) is 1. The molecule has 0 aliphatic heterocycles. The fraction of sp³-hybridized carbons (Fsp3) is 0.462. The third-order valence-corrected chi connectivity index (χ3v) is 4.03. The predicted molar refractivity (Wildman–Crippen MR) is 82.5 cm³/mol. The molecule has 2 aromatic rings. The highest BCUT2D eigenvalue weighted by Crippen LogP contribution is 2.28. The fourth-order valence-corrected chi connectivity index (χ4v) is 2.69. The summed E-state index contributed by atoms with van der Waals surface area (Å²) in [5, 5.41) is 11.8. The molecule has 2 N–H and O–H groups in total. The van der Waals surface area contributed by atoms with Gasteiger partial charge < -0.3 is 10.5 Å². The Bertz CT molecular complexity index is 643. The maximum absolute atomic E-state index is 11.2. The quantitative estimate of drug-likeness (QED) is 0.807. The van der Waals surface area contributed by atoms with Crippen molar-refractivity contribution in [3.8, 4) is 17.1 Å². The minimum absolute atomic E-state index is 0.0576. The normalized spacial score (nSPS) is 13.9. The van der Waals surface area contributed by atoms with E-state index in [4.69, 9.17) is 10.5 Å². The number of rotatable bonds is 6. The van der Waals surface area contributed by atoms with E-state index >= 15 is 0 Å². The van der Waals surface area contributed by atoms with Crippen LogP contribution in [0.5, 0.6) is 5.75 Å². The molecule has 0 bridgehead atoms. The number of nitrogens with zero attached hydrogens (tertiary/aromatic N) is 4. The van der Waals surface area contributed by atoms with Crippen LogP contribution >= 0.6 is 0 Å². The lowest BCUT2D eigenvalue weighted by atomic mass is 10.1. The van der Waals surface area contributed by atoms with Gasteiger partial charge in [0.25, 0.3) is 0 Å². The predicted octanol–water partition coefficient (Wildman–Crippen LogP) is 1.26. The van der Waals surface area contributed by atoms with Crippen molar-refractivity contribution in [1.82, 2.24) is 20.2 Å². The lowest BCUT2D eigenvalue weighted by Gasteiger charge is -2.13. The van der Waals surface area contributed by atoms with E-state index < -0.39 is 10.8 Å². The van der Waals surface area contributed by atoms with Gasteiger partial charge in [-0.25, -0.2) is 4.68 Å². The second kappa shape index (κ2) is 6.66. The number of hydrogen-bond acceptors (Lipinski definition) is 6. The van der Waals surface area contributed by atoms with Crippen molar-refractivity contribution >= 4 is 16.5 Å². The van der Waals surface area contributed by atoms with Gasteiger partial charge in [-0.2, -0.15) is 0 Å². The molecule has 0 spiro atoms. The van der Waals surface area contributed by atoms with Crippen LogP contribution in [0.4, 0.5) is 5.69 Å². The Morgan fingerprint density at radius 1 is 1.48 bits per heavy atom. The van der Waals surface area contributed by atoms with Crippen molar-refractivity contribution in [3.63, 3.8) is 0 Å². The van der Waals surface area contributed by atoms with Gasteiger partial charge in [0, 0.05) is 28.4 Å². The summed E-state index contributed by atoms with van der Waals surface area (Å²) in [7, 11) is 0.746. The standard InChI is InChI=1S/C13H19N5O2S/c1-9(6-7-21(3)19)18-13(15-16-17-18)10-4-5-12(20-2)11(14)8-10/h4-5,8-9H,6-7,14H2,1-3H3. The van der Waals surface area contributed by atoms with Crippen LogP contribution in [0.15, 0.2) is 18.2 Å². The Morgan fingerprint density at radius 3 is 2.86 bits per heavy atom. The fourth-order valence-electron chi connectivity index (χ4n) is 2.01. The first-order valence-corrected chi connectivity index (χ1v) is 8.27. The van der Waals surface area contributed by atoms with Crippen molar-refractivity contribution < 1.29 is 8.95 Å². The van der Waals surface area contributed by atoms with Crippen LogP contribution in [0.2, 0.25) is 0 Å². The molecule has 0 amide bonds. The van der Waals surface area contributed by atoms with E-state index in [1.165, 1.54) is 0 Å². The summed E-state index contributed by atoms with van der Waals surface area (Å²) in [5.74, 6) is 1.87. The van der Waals surface area contributed by atoms with Crippen LogP contribution in [0, 0.1) is 0 Å². The van der Waals surface area contributed by atoms with Crippen LogP contribution in [-0.4, -0.2) is 43.5 Å². The summed E-state index contributed by atoms with van der Waals surface area (Å²) in [6.07, 6.45) is 2.43. The summed E-state index contributed by atoms with van der Waals surface area (Å²) < 4.78 is 18.1. The molecular formula is C13H19N5O2S. The average Bonchev–Trinajstić information content (AvgIpc) is 2.94. The molecule has 0 aliphatic carbocycles. The van der Waals surface area contributed by atoms with Crippen molar-refractivity contribution in [2.75, 3.05) is 24.9 Å². The molecule has 2 unspecified atom stereocenters. The van der Waals surface area contributed by atoms with Crippen molar-refractivity contribution in [3.05, 3.63) is 18.2 Å². The summed E-state index contributed by atoms with van der Waals surface area (Å²) in [6, 6.07) is 5.49. The van der Waals surface area contributed by atoms with Gasteiger partial charge in [0.2, 0.25) is 0 Å². The molecule has 0 radical (unpaired) electrons. The van der Waals surface area contributed by atoms with Gasteiger partial charge in [-0.3, -0.25) is 4.21 Å². The van der Waals surface area contributed by atoms with E-state index in [9.17, 15) is 4.21 Å². The molecule has 114 valence electrons. The van der Waals surface area contributed by atoms with E-state index in [2.05, 4.69) is 15.5 Å². The minimum Gasteiger partial charge on any atom is -0.495 e. The Morgan fingerprint density at radius 2 is 2.24 bits per heavy atom. The van der Waals surface area contributed by atoms with E-state index in [1.54, 1.807) is 30.2 Å². The monoisotopic (exact) mass is 309 g/mol. The molecule has 21 heavy (non-hydrogen) atoms. The molecule has 1 aromatic heterocycles. The highest BCUT2D eigenvalue weighted by atomic mass is 32.2. The van der Waals surface area contributed by atoms with Gasteiger partial charge in [0.05, 0.1) is 18.8 Å². The topological polar surface area (TPSA) is 95.9 Å². The van der Waals surface area contributed by atoms with Crippen LogP contribution in [-0.2, 0) is 10.8 Å². The molecule has 2 atom stereocenters. The van der Waals surface area contributed by atoms with Gasteiger partial charge in [0.1, 0.15) is 5.75 Å². The lowest BCUT2D eigenvalue weighted by Crippen LogP contribution is -2.12. The van der Waals surface area contributed by atoms with Crippen molar-refractivity contribution in [1.29, 1.82) is 0 Å².